The Morgan fingerprint density at radius 1 is 1.27 bits per heavy atom. The summed E-state index contributed by atoms with van der Waals surface area (Å²) in [7, 11) is 0. The van der Waals surface area contributed by atoms with Gasteiger partial charge in [-0.05, 0) is 17.7 Å². The van der Waals surface area contributed by atoms with Gasteiger partial charge >= 0.3 is 18.1 Å². The number of hydrogen-bond acceptors (Lipinski definition) is 4. The molecule has 1 aliphatic rings. The number of nitrogens with zero attached hydrogens (tertiary/aromatic N) is 1. The molecule has 0 spiro atoms. The molecule has 7 nitrogen and oxygen atoms in total. The van der Waals surface area contributed by atoms with E-state index in [0.717, 1.165) is 10.6 Å². The van der Waals surface area contributed by atoms with Crippen molar-refractivity contribution >= 4 is 29.8 Å². The predicted octanol–water partition coefficient (Wildman–Crippen LogP) is 1.76. The van der Waals surface area contributed by atoms with Crippen molar-refractivity contribution in [2.75, 3.05) is 6.67 Å². The van der Waals surface area contributed by atoms with Crippen LogP contribution in [0.25, 0.3) is 0 Å². The van der Waals surface area contributed by atoms with Crippen LogP contribution in [0.3, 0.4) is 0 Å². The van der Waals surface area contributed by atoms with Gasteiger partial charge in [-0.3, -0.25) is 14.4 Å². The number of rotatable bonds is 8. The molecule has 0 saturated carbocycles. The van der Waals surface area contributed by atoms with Crippen LogP contribution in [0.15, 0.2) is 18.2 Å². The number of carbonyl (C=O) groups is 4. The molecule has 1 aromatic carbocycles. The van der Waals surface area contributed by atoms with Gasteiger partial charge in [0.15, 0.2) is 12.0 Å². The van der Waals surface area contributed by atoms with Gasteiger partial charge in [-0.25, -0.2) is 9.18 Å². The Hall–Kier alpha value is -3.11. The fourth-order valence-corrected chi connectivity index (χ4v) is 3.11. The van der Waals surface area contributed by atoms with E-state index in [1.807, 2.05) is 0 Å². The Bertz CT molecular complexity index is 911. The quantitative estimate of drug-likeness (QED) is 0.482. The zero-order chi connectivity index (χ0) is 22.6. The molecule has 0 fully saturated rings. The summed E-state index contributed by atoms with van der Waals surface area (Å²) in [6.07, 6.45) is -4.05. The number of amides is 2. The van der Waals surface area contributed by atoms with E-state index in [-0.39, 0.29) is 18.4 Å². The van der Waals surface area contributed by atoms with E-state index >= 15 is 0 Å². The van der Waals surface area contributed by atoms with Crippen molar-refractivity contribution in [3.05, 3.63) is 34.9 Å². The van der Waals surface area contributed by atoms with Gasteiger partial charge in [0, 0.05) is 6.42 Å². The highest BCUT2D eigenvalue weighted by molar-refractivity contribution is 5.98. The average molecular weight is 431 g/mol. The van der Waals surface area contributed by atoms with Crippen molar-refractivity contribution in [1.82, 2.24) is 5.32 Å². The Labute approximate surface area is 168 Å². The van der Waals surface area contributed by atoms with Crippen molar-refractivity contribution in [3.8, 4) is 0 Å². The lowest BCUT2D eigenvalue weighted by molar-refractivity contribution is -0.456. The minimum atomic E-state index is -4.65. The van der Waals surface area contributed by atoms with Crippen LogP contribution in [0.2, 0.25) is 0 Å². The predicted molar refractivity (Wildman–Crippen MR) is 95.0 cm³/mol. The summed E-state index contributed by atoms with van der Waals surface area (Å²) >= 11 is 0. The molecule has 1 aliphatic heterocycles. The van der Waals surface area contributed by atoms with Gasteiger partial charge in [0.1, 0.15) is 12.7 Å². The second-order valence-corrected chi connectivity index (χ2v) is 6.65. The lowest BCUT2D eigenvalue weighted by Crippen LogP contribution is -2.51. The van der Waals surface area contributed by atoms with E-state index in [2.05, 4.69) is 5.32 Å². The topological polar surface area (TPSA) is 104 Å². The van der Waals surface area contributed by atoms with E-state index in [0.29, 0.717) is 11.6 Å². The third kappa shape index (κ3) is 5.08. The number of benzene rings is 1. The number of carboxylic acids is 1. The Kier molecular flexibility index (Phi) is 7.06. The highest BCUT2D eigenvalue weighted by Gasteiger charge is 2.40. The third-order valence-electron chi connectivity index (χ3n) is 4.65. The van der Waals surface area contributed by atoms with E-state index < -0.39 is 60.5 Å². The number of hydrogen-bond donors (Lipinski definition) is 2. The molecule has 1 unspecified atom stereocenters. The van der Waals surface area contributed by atoms with Crippen LogP contribution in [0.4, 0.5) is 17.6 Å². The smallest absolute Gasteiger partial charge is 0.420 e. The first-order chi connectivity index (χ1) is 14.0. The van der Waals surface area contributed by atoms with Crippen molar-refractivity contribution in [2.45, 2.75) is 44.4 Å². The van der Waals surface area contributed by atoms with E-state index in [9.17, 15) is 36.7 Å². The number of alkyl halides is 4. The van der Waals surface area contributed by atoms with E-state index in [1.165, 1.54) is 19.2 Å². The van der Waals surface area contributed by atoms with Crippen LogP contribution in [-0.4, -0.2) is 58.2 Å². The van der Waals surface area contributed by atoms with Gasteiger partial charge in [0.25, 0.3) is 5.91 Å². The SMILES string of the molecule is CC[C@@H](C(=O)NC(CC(=O)O)C(=O)CF)[N+]1=CCc2ccc(C(F)(F)F)cc2C1=O. The summed E-state index contributed by atoms with van der Waals surface area (Å²) in [5, 5.41) is 11.0. The number of nitrogens with one attached hydrogen (secondary N) is 1. The standard InChI is InChI=1S/C19H18F4N2O5/c1-2-14(17(29)24-13(8-16(27)28)15(26)9-20)25-6-5-10-3-4-11(19(21,22)23)7-12(10)18(25)30/h3-4,6-7,13-14H,2,5,8-9H2,1H3,(H-,24,27,28,29)/p+1/t13?,14-/m0/s1. The van der Waals surface area contributed by atoms with E-state index in [4.69, 9.17) is 5.11 Å². The van der Waals surface area contributed by atoms with Gasteiger partial charge in [0.05, 0.1) is 24.0 Å². The maximum atomic E-state index is 13.0. The van der Waals surface area contributed by atoms with E-state index in [1.54, 1.807) is 0 Å². The Balaban J connectivity index is 2.29. The zero-order valence-electron chi connectivity index (χ0n) is 15.8. The maximum Gasteiger partial charge on any atom is 0.420 e. The normalized spacial score (nSPS) is 15.6. The van der Waals surface area contributed by atoms with Crippen molar-refractivity contribution in [1.29, 1.82) is 0 Å². The number of fused-ring (bicyclic) bond motifs is 1. The largest absolute Gasteiger partial charge is 0.481 e. The van der Waals surface area contributed by atoms with Crippen LogP contribution in [-0.2, 0) is 27.0 Å². The molecule has 1 aromatic rings. The maximum absolute atomic E-state index is 13.0. The molecule has 0 aliphatic carbocycles. The molecule has 1 heterocycles. The molecule has 11 heteroatoms. The number of carboxylic acid groups (broad SMARTS) is 1. The molecule has 2 N–H and O–H groups in total. The van der Waals surface area contributed by atoms with Crippen LogP contribution >= 0.6 is 0 Å². The number of ketones is 1. The van der Waals surface area contributed by atoms with Crippen molar-refractivity contribution < 1.29 is 46.4 Å². The molecule has 2 rings (SSSR count). The number of aliphatic carboxylic acids is 1. The third-order valence-corrected chi connectivity index (χ3v) is 4.65. The summed E-state index contributed by atoms with van der Waals surface area (Å²) in [4.78, 5) is 47.8. The van der Waals surface area contributed by atoms with Crippen LogP contribution in [0.5, 0.6) is 0 Å². The fourth-order valence-electron chi connectivity index (χ4n) is 3.11. The molecule has 0 bridgehead atoms. The minimum Gasteiger partial charge on any atom is -0.481 e. The molecule has 0 radical (unpaired) electrons. The van der Waals surface area contributed by atoms with Crippen LogP contribution in [0.1, 0.15) is 41.3 Å². The lowest BCUT2D eigenvalue weighted by Gasteiger charge is -2.20. The molecule has 2 atom stereocenters. The monoisotopic (exact) mass is 431 g/mol. The van der Waals surface area contributed by atoms with Crippen molar-refractivity contribution in [2.24, 2.45) is 0 Å². The fraction of sp³-hybridized carbons (Fsp3) is 0.421. The Morgan fingerprint density at radius 2 is 1.93 bits per heavy atom. The highest BCUT2D eigenvalue weighted by Crippen LogP contribution is 2.31. The first kappa shape index (κ1) is 23.2. The lowest BCUT2D eigenvalue weighted by atomic mass is 9.97. The second kappa shape index (κ2) is 9.14. The van der Waals surface area contributed by atoms with Gasteiger partial charge < -0.3 is 10.4 Å². The summed E-state index contributed by atoms with van der Waals surface area (Å²) in [6, 6.07) is -0.0869. The first-order valence-corrected chi connectivity index (χ1v) is 8.96. The summed E-state index contributed by atoms with van der Waals surface area (Å²) < 4.78 is 52.6. The van der Waals surface area contributed by atoms with Crippen molar-refractivity contribution in [3.63, 3.8) is 0 Å². The summed E-state index contributed by atoms with van der Waals surface area (Å²) in [5.41, 5.74) is -0.861. The molecule has 162 valence electrons. The molecular formula is C19H19F4N2O5+. The molecule has 2 amide bonds. The van der Waals surface area contributed by atoms with Crippen LogP contribution in [0, 0.1) is 0 Å². The summed E-state index contributed by atoms with van der Waals surface area (Å²) in [6.45, 7) is 0.0353. The Morgan fingerprint density at radius 3 is 2.47 bits per heavy atom. The molecule has 0 saturated heterocycles. The second-order valence-electron chi connectivity index (χ2n) is 6.65. The van der Waals surface area contributed by atoms with Gasteiger partial charge in [-0.2, -0.15) is 17.7 Å². The minimum absolute atomic E-state index is 0.0198. The first-order valence-electron chi connectivity index (χ1n) is 8.96. The number of Topliss-reactive ketones (excluding diaryl/α,β-unsaturated/α-hetero) is 1. The van der Waals surface area contributed by atoms with Crippen LogP contribution < -0.4 is 5.32 Å². The summed E-state index contributed by atoms with van der Waals surface area (Å²) in [5.74, 6) is -4.33. The average Bonchev–Trinajstić information content (AvgIpc) is 2.67. The van der Waals surface area contributed by atoms with Gasteiger partial charge in [-0.1, -0.05) is 13.0 Å². The number of carbonyl (C=O) groups excluding carboxylic acids is 3. The number of halogens is 4. The highest BCUT2D eigenvalue weighted by atomic mass is 19.4. The molecular weight excluding hydrogens is 412 g/mol. The molecule has 0 aromatic heterocycles. The zero-order valence-corrected chi connectivity index (χ0v) is 15.8. The molecule has 30 heavy (non-hydrogen) atoms. The van der Waals surface area contributed by atoms with Gasteiger partial charge in [-0.15, -0.1) is 0 Å². The van der Waals surface area contributed by atoms with Gasteiger partial charge in [0.2, 0.25) is 6.04 Å².